The SMILES string of the molecule is CC(C)(C)c1nc2ccc(Cl)c(S(=O)(=O)C3CCCCC3)c2o1.CC(C)(C)c1nc2ccc(Cl)c(S(=O)(=O)C3CCN(CCF)CC3)c2o1.Nc1ccc(Cl)c(S(=O)(=O)C2CCN(CCF)CC2)c1O. The van der Waals surface area contributed by atoms with E-state index in [4.69, 9.17) is 49.4 Å². The van der Waals surface area contributed by atoms with Crippen molar-refractivity contribution in [3.05, 3.63) is 63.2 Å². The van der Waals surface area contributed by atoms with Crippen molar-refractivity contribution in [2.75, 3.05) is 58.4 Å². The van der Waals surface area contributed by atoms with E-state index in [1.807, 2.05) is 51.3 Å². The van der Waals surface area contributed by atoms with E-state index < -0.39 is 59.1 Å². The molecule has 3 N–H and O–H groups in total. The molecule has 5 aromatic rings. The highest BCUT2D eigenvalue weighted by Crippen LogP contribution is 2.41. The van der Waals surface area contributed by atoms with Gasteiger partial charge in [0.05, 0.1) is 36.5 Å². The topological polar surface area (TPSA) is 207 Å². The number of aromatic hydroxyl groups is 1. The number of alkyl halides is 2. The van der Waals surface area contributed by atoms with Crippen LogP contribution >= 0.6 is 34.8 Å². The molecule has 388 valence electrons. The van der Waals surface area contributed by atoms with Crippen LogP contribution in [0.4, 0.5) is 14.5 Å². The molecule has 2 aromatic heterocycles. The number of phenols is 1. The lowest BCUT2D eigenvalue weighted by molar-refractivity contribution is 0.212. The molecule has 3 aliphatic rings. The molecule has 1 aliphatic carbocycles. The first-order valence-corrected chi connectivity index (χ1v) is 29.2. The Morgan fingerprint density at radius 2 is 0.929 bits per heavy atom. The van der Waals surface area contributed by atoms with Crippen LogP contribution in [0, 0.1) is 0 Å². The van der Waals surface area contributed by atoms with Crippen LogP contribution in [-0.4, -0.2) is 118 Å². The van der Waals surface area contributed by atoms with E-state index in [9.17, 15) is 39.1 Å². The van der Waals surface area contributed by atoms with Crippen LogP contribution in [-0.2, 0) is 40.3 Å². The van der Waals surface area contributed by atoms with Gasteiger partial charge in [-0.3, -0.25) is 0 Å². The Bertz CT molecular complexity index is 2970. The fraction of sp³-hybridized carbons (Fsp3) is 0.583. The smallest absolute Gasteiger partial charge is 0.200 e. The second-order valence-corrected chi connectivity index (χ2v) is 27.9. The van der Waals surface area contributed by atoms with Gasteiger partial charge in [0.15, 0.2) is 46.4 Å². The summed E-state index contributed by atoms with van der Waals surface area (Å²) in [7, 11) is -11.0. The fourth-order valence-corrected chi connectivity index (χ4v) is 16.1. The van der Waals surface area contributed by atoms with E-state index in [0.717, 1.165) is 19.3 Å². The zero-order chi connectivity index (χ0) is 51.6. The van der Waals surface area contributed by atoms with E-state index >= 15 is 0 Å². The second kappa shape index (κ2) is 22.4. The monoisotopic (exact) mass is 1090 g/mol. The van der Waals surface area contributed by atoms with Crippen molar-refractivity contribution in [3.63, 3.8) is 0 Å². The van der Waals surface area contributed by atoms with Crippen LogP contribution in [0.15, 0.2) is 59.9 Å². The van der Waals surface area contributed by atoms with Crippen LogP contribution in [0.25, 0.3) is 22.2 Å². The number of nitrogens with zero attached hydrogens (tertiary/aromatic N) is 4. The number of oxazole rings is 2. The number of phenolic OH excluding ortho intramolecular Hbond substituents is 1. The Morgan fingerprint density at radius 3 is 1.30 bits per heavy atom. The van der Waals surface area contributed by atoms with Crippen LogP contribution in [0.2, 0.25) is 15.1 Å². The minimum absolute atomic E-state index is 0.0205. The molecule has 2 saturated heterocycles. The largest absolute Gasteiger partial charge is 0.504 e. The number of fused-ring (bicyclic) bond motifs is 2. The third-order valence-corrected chi connectivity index (χ3v) is 21.2. The van der Waals surface area contributed by atoms with Gasteiger partial charge in [-0.2, -0.15) is 0 Å². The van der Waals surface area contributed by atoms with Gasteiger partial charge in [0.25, 0.3) is 0 Å². The summed E-state index contributed by atoms with van der Waals surface area (Å²) in [5.74, 6) is 0.507. The molecule has 0 amide bonds. The van der Waals surface area contributed by atoms with Crippen LogP contribution in [0.3, 0.4) is 0 Å². The third kappa shape index (κ3) is 12.4. The second-order valence-electron chi connectivity index (χ2n) is 20.2. The quantitative estimate of drug-likeness (QED) is 0.0986. The molecular weight excluding hydrogens is 1030 g/mol. The van der Waals surface area contributed by atoms with Gasteiger partial charge in [0.2, 0.25) is 11.8 Å². The highest BCUT2D eigenvalue weighted by atomic mass is 35.5. The average molecular weight is 1100 g/mol. The highest BCUT2D eigenvalue weighted by molar-refractivity contribution is 7.93. The van der Waals surface area contributed by atoms with Crippen molar-refractivity contribution in [3.8, 4) is 5.75 Å². The van der Waals surface area contributed by atoms with Gasteiger partial charge in [-0.25, -0.2) is 44.0 Å². The summed E-state index contributed by atoms with van der Waals surface area (Å²) in [5, 5.41) is 8.71. The van der Waals surface area contributed by atoms with Gasteiger partial charge in [-0.05, 0) is 101 Å². The molecule has 0 atom stereocenters. The number of rotatable bonds is 10. The molecule has 0 bridgehead atoms. The Morgan fingerprint density at radius 1 is 0.586 bits per heavy atom. The maximum atomic E-state index is 13.3. The van der Waals surface area contributed by atoms with E-state index in [2.05, 4.69) is 9.97 Å². The van der Waals surface area contributed by atoms with Crippen LogP contribution in [0.5, 0.6) is 5.75 Å². The Balaban J connectivity index is 0.000000173. The minimum Gasteiger partial charge on any atom is -0.504 e. The fourth-order valence-electron chi connectivity index (χ4n) is 8.89. The molecule has 14 nitrogen and oxygen atoms in total. The first-order chi connectivity index (χ1) is 32.7. The number of likely N-dealkylation sites (tertiary alicyclic amines) is 2. The molecule has 0 spiro atoms. The zero-order valence-corrected chi connectivity index (χ0v) is 45.1. The van der Waals surface area contributed by atoms with E-state index in [1.54, 1.807) is 24.3 Å². The van der Waals surface area contributed by atoms with E-state index in [-0.39, 0.29) is 57.1 Å². The normalized spacial score (nSPS) is 17.9. The number of aromatic nitrogens is 2. The van der Waals surface area contributed by atoms with E-state index in [0.29, 0.717) is 106 Å². The third-order valence-electron chi connectivity index (χ3n) is 12.9. The standard InChI is InChI=1S/C18H24ClFN2O3S.C17H22ClNO3S.C13H18ClFN2O3S/c1-18(2,3)17-21-14-5-4-13(19)16(15(14)25-17)26(23,24)12-6-9-22(10-7-12)11-8-20;1-17(2,3)16-19-13-10-9-12(18)15(14(13)22-16)23(20,21)11-7-5-4-6-8-11;14-10-1-2-11(16)12(18)13(10)21(19,20)9-3-6-17(7-4-9)8-5-15/h4-5,12H,6-11H2,1-3H3;9-11H,4-8H2,1-3H3;1-2,9,18H,3-8,16H2. The minimum atomic E-state index is -3.77. The lowest BCUT2D eigenvalue weighted by atomic mass is 9.97. The van der Waals surface area contributed by atoms with Gasteiger partial charge in [-0.1, -0.05) is 95.6 Å². The molecule has 70 heavy (non-hydrogen) atoms. The highest BCUT2D eigenvalue weighted by Gasteiger charge is 2.38. The van der Waals surface area contributed by atoms with Crippen molar-refractivity contribution >= 4 is 92.2 Å². The lowest BCUT2D eigenvalue weighted by Gasteiger charge is -2.31. The number of hydrogen-bond acceptors (Lipinski definition) is 14. The Labute approximate surface area is 425 Å². The number of hydrogen-bond donors (Lipinski definition) is 2. The summed E-state index contributed by atoms with van der Waals surface area (Å²) >= 11 is 18.5. The molecule has 22 heteroatoms. The number of benzene rings is 3. The summed E-state index contributed by atoms with van der Waals surface area (Å²) in [6, 6.07) is 9.29. The molecule has 2 aliphatic heterocycles. The number of nitrogens with two attached hydrogens (primary N) is 1. The number of nitrogen functional groups attached to an aromatic ring is 1. The van der Waals surface area contributed by atoms with Gasteiger partial charge in [0, 0.05) is 23.9 Å². The number of anilines is 1. The number of sulfone groups is 3. The van der Waals surface area contributed by atoms with Crippen molar-refractivity contribution in [1.29, 1.82) is 0 Å². The first-order valence-electron chi connectivity index (χ1n) is 23.5. The first kappa shape index (κ1) is 56.0. The predicted molar refractivity (Wildman–Crippen MR) is 272 cm³/mol. The molecule has 3 aromatic carbocycles. The summed E-state index contributed by atoms with van der Waals surface area (Å²) in [6.45, 7) is 13.7. The predicted octanol–water partition coefficient (Wildman–Crippen LogP) is 10.7. The molecule has 8 rings (SSSR count). The van der Waals surface area contributed by atoms with Crippen molar-refractivity contribution < 1.29 is 48.0 Å². The zero-order valence-electron chi connectivity index (χ0n) is 40.4. The van der Waals surface area contributed by atoms with Crippen LogP contribution in [0.1, 0.15) is 111 Å². The van der Waals surface area contributed by atoms with E-state index in [1.165, 1.54) is 12.1 Å². The summed E-state index contributed by atoms with van der Waals surface area (Å²) in [6.07, 6.45) is 6.04. The van der Waals surface area contributed by atoms with Gasteiger partial charge < -0.3 is 29.5 Å². The summed E-state index contributed by atoms with van der Waals surface area (Å²) < 4.78 is 115. The number of piperidine rings is 2. The van der Waals surface area contributed by atoms with Crippen molar-refractivity contribution in [1.82, 2.24) is 19.8 Å². The maximum absolute atomic E-state index is 13.3. The van der Waals surface area contributed by atoms with Gasteiger partial charge >= 0.3 is 0 Å². The molecule has 3 fully saturated rings. The lowest BCUT2D eigenvalue weighted by Crippen LogP contribution is -2.40. The summed E-state index contributed by atoms with van der Waals surface area (Å²) in [4.78, 5) is 12.6. The molecular formula is C48H64Cl3F2N5O9S3. The molecule has 0 unspecified atom stereocenters. The average Bonchev–Trinajstić information content (AvgIpc) is 3.95. The van der Waals surface area contributed by atoms with Crippen molar-refractivity contribution in [2.45, 2.75) is 141 Å². The van der Waals surface area contributed by atoms with Crippen molar-refractivity contribution in [2.24, 2.45) is 0 Å². The van der Waals surface area contributed by atoms with Gasteiger partial charge in [-0.15, -0.1) is 0 Å². The molecule has 1 saturated carbocycles. The Hall–Kier alpha value is -3.30. The van der Waals surface area contributed by atoms with Gasteiger partial charge in [0.1, 0.15) is 39.1 Å². The molecule has 4 heterocycles. The maximum Gasteiger partial charge on any atom is 0.200 e. The summed E-state index contributed by atoms with van der Waals surface area (Å²) in [5.41, 5.74) is 6.47. The van der Waals surface area contributed by atoms with Crippen LogP contribution < -0.4 is 5.73 Å². The Kier molecular flexibility index (Phi) is 18.0. The number of halogens is 5. The molecule has 0 radical (unpaired) electrons.